The van der Waals surface area contributed by atoms with Gasteiger partial charge in [0.25, 0.3) is 0 Å². The van der Waals surface area contributed by atoms with Gasteiger partial charge in [-0.25, -0.2) is 0 Å². The standard InChI is InChI=1S/C14H26O2/c1-5-7-8-12(6-2)9-10-13(15)14(16)11(3)4/h11-12H,5-10H2,1-4H3. The lowest BCUT2D eigenvalue weighted by Crippen LogP contribution is -2.20. The molecule has 0 aliphatic rings. The Balaban J connectivity index is 3.92. The summed E-state index contributed by atoms with van der Waals surface area (Å²) in [6.07, 6.45) is 6.06. The molecule has 0 saturated carbocycles. The Bertz CT molecular complexity index is 219. The van der Waals surface area contributed by atoms with E-state index >= 15 is 0 Å². The molecule has 0 spiro atoms. The summed E-state index contributed by atoms with van der Waals surface area (Å²) in [5, 5.41) is 0. The number of ketones is 2. The lowest BCUT2D eigenvalue weighted by Gasteiger charge is -2.13. The third-order valence-electron chi connectivity index (χ3n) is 3.12. The molecule has 0 aromatic rings. The zero-order chi connectivity index (χ0) is 12.6. The summed E-state index contributed by atoms with van der Waals surface area (Å²) in [7, 11) is 0. The van der Waals surface area contributed by atoms with Crippen molar-refractivity contribution in [3.05, 3.63) is 0 Å². The molecule has 0 N–H and O–H groups in total. The smallest absolute Gasteiger partial charge is 0.200 e. The molecule has 0 aliphatic carbocycles. The van der Waals surface area contributed by atoms with E-state index in [0.717, 1.165) is 12.8 Å². The lowest BCUT2D eigenvalue weighted by atomic mass is 9.91. The highest BCUT2D eigenvalue weighted by Gasteiger charge is 2.18. The van der Waals surface area contributed by atoms with Crippen LogP contribution in [0.15, 0.2) is 0 Å². The molecule has 0 amide bonds. The van der Waals surface area contributed by atoms with E-state index in [0.29, 0.717) is 12.3 Å². The largest absolute Gasteiger partial charge is 0.291 e. The molecule has 0 fully saturated rings. The Labute approximate surface area is 99.8 Å². The van der Waals surface area contributed by atoms with Crippen molar-refractivity contribution in [2.24, 2.45) is 11.8 Å². The molecule has 1 atom stereocenters. The Hall–Kier alpha value is -0.660. The molecule has 0 rings (SSSR count). The lowest BCUT2D eigenvalue weighted by molar-refractivity contribution is -0.138. The van der Waals surface area contributed by atoms with Crippen molar-refractivity contribution in [1.29, 1.82) is 0 Å². The van der Waals surface area contributed by atoms with Crippen molar-refractivity contribution >= 4 is 11.6 Å². The molecule has 0 bridgehead atoms. The van der Waals surface area contributed by atoms with Gasteiger partial charge in [0.2, 0.25) is 5.78 Å². The molecule has 16 heavy (non-hydrogen) atoms. The third-order valence-corrected chi connectivity index (χ3v) is 3.12. The predicted octanol–water partition coefficient (Wildman–Crippen LogP) is 3.78. The monoisotopic (exact) mass is 226 g/mol. The Morgan fingerprint density at radius 1 is 1.06 bits per heavy atom. The van der Waals surface area contributed by atoms with Gasteiger partial charge >= 0.3 is 0 Å². The number of hydrogen-bond acceptors (Lipinski definition) is 2. The molecular formula is C14H26O2. The highest BCUT2D eigenvalue weighted by Crippen LogP contribution is 2.18. The molecule has 94 valence electrons. The molecular weight excluding hydrogens is 200 g/mol. The van der Waals surface area contributed by atoms with Crippen molar-refractivity contribution in [1.82, 2.24) is 0 Å². The number of hydrogen-bond donors (Lipinski definition) is 0. The van der Waals surface area contributed by atoms with E-state index in [1.54, 1.807) is 13.8 Å². The number of Topliss-reactive ketones (excluding diaryl/α,β-unsaturated/α-hetero) is 2. The van der Waals surface area contributed by atoms with Crippen LogP contribution in [0.25, 0.3) is 0 Å². The number of unbranched alkanes of at least 4 members (excludes halogenated alkanes) is 1. The zero-order valence-electron chi connectivity index (χ0n) is 11.2. The van der Waals surface area contributed by atoms with Crippen LogP contribution in [0, 0.1) is 11.8 Å². The maximum Gasteiger partial charge on any atom is 0.200 e. The minimum absolute atomic E-state index is 0.150. The van der Waals surface area contributed by atoms with Crippen LogP contribution in [-0.2, 0) is 9.59 Å². The molecule has 0 aromatic heterocycles. The van der Waals surface area contributed by atoms with Crippen LogP contribution >= 0.6 is 0 Å². The molecule has 2 heteroatoms. The van der Waals surface area contributed by atoms with Crippen molar-refractivity contribution in [3.8, 4) is 0 Å². The quantitative estimate of drug-likeness (QED) is 0.561. The summed E-state index contributed by atoms with van der Waals surface area (Å²) >= 11 is 0. The van der Waals surface area contributed by atoms with Crippen molar-refractivity contribution in [2.45, 2.75) is 66.2 Å². The predicted molar refractivity (Wildman–Crippen MR) is 67.4 cm³/mol. The first-order valence-corrected chi connectivity index (χ1v) is 6.59. The average Bonchev–Trinajstić information content (AvgIpc) is 2.27. The summed E-state index contributed by atoms with van der Waals surface area (Å²) < 4.78 is 0. The zero-order valence-corrected chi connectivity index (χ0v) is 11.2. The highest BCUT2D eigenvalue weighted by molar-refractivity contribution is 6.37. The van der Waals surface area contributed by atoms with Crippen molar-refractivity contribution in [3.63, 3.8) is 0 Å². The molecule has 0 saturated heterocycles. The summed E-state index contributed by atoms with van der Waals surface area (Å²) in [5.74, 6) is 0.0855. The van der Waals surface area contributed by atoms with E-state index in [-0.39, 0.29) is 17.5 Å². The van der Waals surface area contributed by atoms with E-state index in [2.05, 4.69) is 13.8 Å². The molecule has 1 unspecified atom stereocenters. The second kappa shape index (κ2) is 8.49. The molecule has 0 radical (unpaired) electrons. The van der Waals surface area contributed by atoms with Crippen LogP contribution in [0.5, 0.6) is 0 Å². The Morgan fingerprint density at radius 2 is 1.69 bits per heavy atom. The van der Waals surface area contributed by atoms with Crippen LogP contribution < -0.4 is 0 Å². The molecule has 0 heterocycles. The average molecular weight is 226 g/mol. The van der Waals surface area contributed by atoms with E-state index in [1.807, 2.05) is 0 Å². The van der Waals surface area contributed by atoms with E-state index in [4.69, 9.17) is 0 Å². The first-order chi connectivity index (χ1) is 7.52. The second-order valence-electron chi connectivity index (χ2n) is 4.90. The van der Waals surface area contributed by atoms with Gasteiger partial charge in [0.15, 0.2) is 5.78 Å². The molecule has 0 aliphatic heterocycles. The van der Waals surface area contributed by atoms with Crippen LogP contribution in [0.2, 0.25) is 0 Å². The van der Waals surface area contributed by atoms with Gasteiger partial charge in [0.05, 0.1) is 0 Å². The first-order valence-electron chi connectivity index (χ1n) is 6.59. The first kappa shape index (κ1) is 15.3. The van der Waals surface area contributed by atoms with Crippen molar-refractivity contribution in [2.75, 3.05) is 0 Å². The summed E-state index contributed by atoms with van der Waals surface area (Å²) in [5.41, 5.74) is 0. The third kappa shape index (κ3) is 6.04. The van der Waals surface area contributed by atoms with Gasteiger partial charge in [-0.2, -0.15) is 0 Å². The topological polar surface area (TPSA) is 34.1 Å². The van der Waals surface area contributed by atoms with Gasteiger partial charge in [-0.3, -0.25) is 9.59 Å². The van der Waals surface area contributed by atoms with E-state index < -0.39 is 0 Å². The normalized spacial score (nSPS) is 12.8. The van der Waals surface area contributed by atoms with Crippen molar-refractivity contribution < 1.29 is 9.59 Å². The molecule has 0 aromatic carbocycles. The van der Waals surface area contributed by atoms with E-state index in [1.165, 1.54) is 19.3 Å². The SMILES string of the molecule is CCCCC(CC)CCC(=O)C(=O)C(C)C. The van der Waals surface area contributed by atoms with Gasteiger partial charge < -0.3 is 0 Å². The van der Waals surface area contributed by atoms with Crippen LogP contribution in [0.4, 0.5) is 0 Å². The van der Waals surface area contributed by atoms with Gasteiger partial charge in [-0.15, -0.1) is 0 Å². The maximum absolute atomic E-state index is 11.5. The van der Waals surface area contributed by atoms with Crippen LogP contribution in [0.1, 0.15) is 66.2 Å². The number of rotatable bonds is 9. The second-order valence-corrected chi connectivity index (χ2v) is 4.90. The fourth-order valence-electron chi connectivity index (χ4n) is 1.83. The summed E-state index contributed by atoms with van der Waals surface area (Å²) in [6, 6.07) is 0. The summed E-state index contributed by atoms with van der Waals surface area (Å²) in [4.78, 5) is 22.9. The fourth-order valence-corrected chi connectivity index (χ4v) is 1.83. The number of carbonyl (C=O) groups excluding carboxylic acids is 2. The summed E-state index contributed by atoms with van der Waals surface area (Å²) in [6.45, 7) is 7.92. The Morgan fingerprint density at radius 3 is 2.12 bits per heavy atom. The molecule has 2 nitrogen and oxygen atoms in total. The van der Waals surface area contributed by atoms with Gasteiger partial charge in [-0.1, -0.05) is 53.4 Å². The van der Waals surface area contributed by atoms with Gasteiger partial charge in [0.1, 0.15) is 0 Å². The van der Waals surface area contributed by atoms with Crippen LogP contribution in [0.3, 0.4) is 0 Å². The minimum atomic E-state index is -0.203. The van der Waals surface area contributed by atoms with E-state index in [9.17, 15) is 9.59 Å². The van der Waals surface area contributed by atoms with Crippen LogP contribution in [-0.4, -0.2) is 11.6 Å². The van der Waals surface area contributed by atoms with Gasteiger partial charge in [-0.05, 0) is 12.3 Å². The number of carbonyl (C=O) groups is 2. The Kier molecular flexibility index (Phi) is 8.14. The fraction of sp³-hybridized carbons (Fsp3) is 0.857. The van der Waals surface area contributed by atoms with Gasteiger partial charge in [0, 0.05) is 12.3 Å². The highest BCUT2D eigenvalue weighted by atomic mass is 16.2. The maximum atomic E-state index is 11.5. The minimum Gasteiger partial charge on any atom is -0.291 e.